The lowest BCUT2D eigenvalue weighted by atomic mass is 10.1. The van der Waals surface area contributed by atoms with E-state index in [1.807, 2.05) is 18.4 Å². The fourth-order valence-corrected chi connectivity index (χ4v) is 1.57. The van der Waals surface area contributed by atoms with E-state index in [1.165, 1.54) is 0 Å². The van der Waals surface area contributed by atoms with Crippen LogP contribution in [0.15, 0.2) is 34.3 Å². The Morgan fingerprint density at radius 3 is 2.50 bits per heavy atom. The molecule has 0 aliphatic carbocycles. The molecule has 1 N–H and O–H groups in total. The Hall–Kier alpha value is -1.49. The zero-order valence-electron chi connectivity index (χ0n) is 9.14. The van der Waals surface area contributed by atoms with Gasteiger partial charge < -0.3 is 9.94 Å². The SMILES string of the molecule is CCOC(=O)C(=NO)c1ccc(SC)cc1. The van der Waals surface area contributed by atoms with E-state index in [1.54, 1.807) is 30.8 Å². The summed E-state index contributed by atoms with van der Waals surface area (Å²) in [7, 11) is 0. The Labute approximate surface area is 98.3 Å². The summed E-state index contributed by atoms with van der Waals surface area (Å²) < 4.78 is 4.77. The predicted octanol–water partition coefficient (Wildman–Crippen LogP) is 2.15. The van der Waals surface area contributed by atoms with Gasteiger partial charge in [0.05, 0.1) is 6.61 Å². The molecule has 0 heterocycles. The van der Waals surface area contributed by atoms with Gasteiger partial charge in [0, 0.05) is 10.5 Å². The van der Waals surface area contributed by atoms with Crippen LogP contribution in [0.3, 0.4) is 0 Å². The number of thioether (sulfide) groups is 1. The highest BCUT2D eigenvalue weighted by atomic mass is 32.2. The van der Waals surface area contributed by atoms with Crippen molar-refractivity contribution in [3.05, 3.63) is 29.8 Å². The Morgan fingerprint density at radius 2 is 2.06 bits per heavy atom. The second-order valence-electron chi connectivity index (χ2n) is 2.90. The monoisotopic (exact) mass is 239 g/mol. The van der Waals surface area contributed by atoms with Crippen molar-refractivity contribution in [2.45, 2.75) is 11.8 Å². The minimum atomic E-state index is -0.623. The molecule has 4 nitrogen and oxygen atoms in total. The van der Waals surface area contributed by atoms with E-state index in [0.29, 0.717) is 5.56 Å². The molecule has 1 aromatic carbocycles. The molecule has 0 bridgehead atoms. The maximum Gasteiger partial charge on any atom is 0.361 e. The van der Waals surface area contributed by atoms with Crippen molar-refractivity contribution in [1.82, 2.24) is 0 Å². The van der Waals surface area contributed by atoms with Crippen molar-refractivity contribution in [3.63, 3.8) is 0 Å². The molecule has 5 heteroatoms. The minimum absolute atomic E-state index is 0.0745. The second-order valence-corrected chi connectivity index (χ2v) is 3.78. The van der Waals surface area contributed by atoms with Gasteiger partial charge in [-0.15, -0.1) is 11.8 Å². The average Bonchev–Trinajstić information content (AvgIpc) is 2.31. The molecule has 0 aliphatic rings. The van der Waals surface area contributed by atoms with Crippen molar-refractivity contribution in [2.24, 2.45) is 5.16 Å². The Kier molecular flexibility index (Phi) is 4.85. The van der Waals surface area contributed by atoms with E-state index in [9.17, 15) is 4.79 Å². The number of nitrogens with zero attached hydrogens (tertiary/aromatic N) is 1. The first-order chi connectivity index (χ1) is 7.72. The van der Waals surface area contributed by atoms with Crippen molar-refractivity contribution in [1.29, 1.82) is 0 Å². The molecule has 0 spiro atoms. The lowest BCUT2D eigenvalue weighted by Crippen LogP contribution is -2.18. The molecule has 0 saturated carbocycles. The highest BCUT2D eigenvalue weighted by Gasteiger charge is 2.15. The van der Waals surface area contributed by atoms with Gasteiger partial charge in [0.25, 0.3) is 0 Å². The van der Waals surface area contributed by atoms with Crippen LogP contribution in [0.25, 0.3) is 0 Å². The summed E-state index contributed by atoms with van der Waals surface area (Å²) in [5, 5.41) is 11.8. The summed E-state index contributed by atoms with van der Waals surface area (Å²) >= 11 is 1.60. The summed E-state index contributed by atoms with van der Waals surface area (Å²) in [5.74, 6) is -0.623. The van der Waals surface area contributed by atoms with Crippen LogP contribution < -0.4 is 0 Å². The molecule has 0 saturated heterocycles. The Bertz CT molecular complexity index is 387. The molecule has 1 rings (SSSR count). The van der Waals surface area contributed by atoms with Crippen LogP contribution in [-0.2, 0) is 9.53 Å². The molecule has 0 radical (unpaired) electrons. The van der Waals surface area contributed by atoms with E-state index >= 15 is 0 Å². The lowest BCUT2D eigenvalue weighted by Gasteiger charge is -2.04. The number of ether oxygens (including phenoxy) is 1. The van der Waals surface area contributed by atoms with Crippen molar-refractivity contribution in [2.75, 3.05) is 12.9 Å². The molecule has 0 unspecified atom stereocenters. The Balaban J connectivity index is 2.92. The molecule has 0 amide bonds. The number of oxime groups is 1. The van der Waals surface area contributed by atoms with Gasteiger partial charge in [-0.25, -0.2) is 4.79 Å². The maximum atomic E-state index is 11.4. The van der Waals surface area contributed by atoms with Crippen molar-refractivity contribution >= 4 is 23.4 Å². The molecule has 1 aromatic rings. The lowest BCUT2D eigenvalue weighted by molar-refractivity contribution is -0.135. The highest BCUT2D eigenvalue weighted by Crippen LogP contribution is 2.15. The average molecular weight is 239 g/mol. The van der Waals surface area contributed by atoms with E-state index in [4.69, 9.17) is 9.94 Å². The van der Waals surface area contributed by atoms with Crippen LogP contribution in [-0.4, -0.2) is 29.8 Å². The summed E-state index contributed by atoms with van der Waals surface area (Å²) in [5.41, 5.74) is 0.466. The van der Waals surface area contributed by atoms with Gasteiger partial charge in [0.2, 0.25) is 0 Å². The molecular formula is C11H13NO3S. The number of carbonyl (C=O) groups is 1. The number of rotatable bonds is 4. The van der Waals surface area contributed by atoms with Crippen LogP contribution in [0.5, 0.6) is 0 Å². The van der Waals surface area contributed by atoms with Gasteiger partial charge in [-0.05, 0) is 25.3 Å². The largest absolute Gasteiger partial charge is 0.461 e. The first-order valence-electron chi connectivity index (χ1n) is 4.76. The van der Waals surface area contributed by atoms with Crippen LogP contribution in [0, 0.1) is 0 Å². The summed E-state index contributed by atoms with van der Waals surface area (Å²) in [6.45, 7) is 1.95. The predicted molar refractivity (Wildman–Crippen MR) is 63.2 cm³/mol. The van der Waals surface area contributed by atoms with Gasteiger partial charge in [-0.1, -0.05) is 17.3 Å². The van der Waals surface area contributed by atoms with E-state index in [0.717, 1.165) is 4.90 Å². The van der Waals surface area contributed by atoms with E-state index in [-0.39, 0.29) is 12.3 Å². The molecule has 0 fully saturated rings. The van der Waals surface area contributed by atoms with Crippen LogP contribution in [0.4, 0.5) is 0 Å². The third kappa shape index (κ3) is 3.00. The van der Waals surface area contributed by atoms with E-state index < -0.39 is 5.97 Å². The molecule has 0 atom stereocenters. The van der Waals surface area contributed by atoms with Crippen molar-refractivity contribution in [3.8, 4) is 0 Å². The van der Waals surface area contributed by atoms with Gasteiger partial charge in [0.15, 0.2) is 5.71 Å². The first-order valence-corrected chi connectivity index (χ1v) is 5.99. The summed E-state index contributed by atoms with van der Waals surface area (Å²) in [6, 6.07) is 7.14. The number of benzene rings is 1. The quantitative estimate of drug-likeness (QED) is 0.287. The molecule has 0 aliphatic heterocycles. The molecule has 86 valence electrons. The third-order valence-corrected chi connectivity index (χ3v) is 2.68. The van der Waals surface area contributed by atoms with Crippen molar-refractivity contribution < 1.29 is 14.7 Å². The summed E-state index contributed by atoms with van der Waals surface area (Å²) in [6.07, 6.45) is 1.96. The maximum absolute atomic E-state index is 11.4. The first kappa shape index (κ1) is 12.6. The zero-order valence-corrected chi connectivity index (χ0v) is 9.95. The fraction of sp³-hybridized carbons (Fsp3) is 0.273. The van der Waals surface area contributed by atoms with Crippen LogP contribution in [0.1, 0.15) is 12.5 Å². The third-order valence-electron chi connectivity index (χ3n) is 1.93. The normalized spacial score (nSPS) is 11.2. The van der Waals surface area contributed by atoms with Crippen LogP contribution >= 0.6 is 11.8 Å². The summed E-state index contributed by atoms with van der Waals surface area (Å²) in [4.78, 5) is 12.5. The van der Waals surface area contributed by atoms with Gasteiger partial charge >= 0.3 is 5.97 Å². The van der Waals surface area contributed by atoms with Gasteiger partial charge in [0.1, 0.15) is 0 Å². The van der Waals surface area contributed by atoms with Gasteiger partial charge in [-0.2, -0.15) is 0 Å². The van der Waals surface area contributed by atoms with Crippen LogP contribution in [0.2, 0.25) is 0 Å². The number of esters is 1. The topological polar surface area (TPSA) is 58.9 Å². The second kappa shape index (κ2) is 6.17. The number of carbonyl (C=O) groups excluding carboxylic acids is 1. The minimum Gasteiger partial charge on any atom is -0.461 e. The zero-order chi connectivity index (χ0) is 12.0. The molecular weight excluding hydrogens is 226 g/mol. The molecule has 0 aromatic heterocycles. The van der Waals surface area contributed by atoms with Gasteiger partial charge in [-0.3, -0.25) is 0 Å². The molecule has 16 heavy (non-hydrogen) atoms. The fourth-order valence-electron chi connectivity index (χ4n) is 1.16. The smallest absolute Gasteiger partial charge is 0.361 e. The Morgan fingerprint density at radius 1 is 1.44 bits per heavy atom. The standard InChI is InChI=1S/C11H13NO3S/c1-3-15-11(13)10(12-14)8-4-6-9(16-2)7-5-8/h4-7,14H,3H2,1-2H3. The highest BCUT2D eigenvalue weighted by molar-refractivity contribution is 7.98. The number of hydrogen-bond donors (Lipinski definition) is 1. The van der Waals surface area contributed by atoms with E-state index in [2.05, 4.69) is 5.16 Å². The number of hydrogen-bond acceptors (Lipinski definition) is 5.